The minimum absolute atomic E-state index is 0.0501. The summed E-state index contributed by atoms with van der Waals surface area (Å²) in [5.41, 5.74) is 2.97. The van der Waals surface area contributed by atoms with Crippen molar-refractivity contribution in [2.75, 3.05) is 24.5 Å². The fourth-order valence-corrected chi connectivity index (χ4v) is 3.94. The highest BCUT2D eigenvalue weighted by Gasteiger charge is 2.46. The van der Waals surface area contributed by atoms with Gasteiger partial charge in [0.15, 0.2) is 0 Å². The van der Waals surface area contributed by atoms with Gasteiger partial charge in [-0.15, -0.1) is 0 Å². The minimum Gasteiger partial charge on any atom is -0.444 e. The first kappa shape index (κ1) is 17.8. The number of carbonyl (C=O) groups is 2. The second kappa shape index (κ2) is 6.08. The normalized spacial score (nSPS) is 19.0. The zero-order valence-electron chi connectivity index (χ0n) is 15.9. The van der Waals surface area contributed by atoms with Gasteiger partial charge in [0.2, 0.25) is 5.91 Å². The molecule has 5 nitrogen and oxygen atoms in total. The fourth-order valence-electron chi connectivity index (χ4n) is 3.94. The van der Waals surface area contributed by atoms with Crippen LogP contribution in [-0.2, 0) is 14.9 Å². The van der Waals surface area contributed by atoms with Crippen LogP contribution in [0.15, 0.2) is 18.2 Å². The molecule has 0 unspecified atom stereocenters. The van der Waals surface area contributed by atoms with E-state index in [2.05, 4.69) is 26.0 Å². The Morgan fingerprint density at radius 3 is 2.40 bits per heavy atom. The summed E-state index contributed by atoms with van der Waals surface area (Å²) in [6.07, 6.45) is 1.46. The highest BCUT2D eigenvalue weighted by atomic mass is 16.6. The van der Waals surface area contributed by atoms with Crippen LogP contribution in [0, 0.1) is 0 Å². The Morgan fingerprint density at radius 1 is 1.20 bits per heavy atom. The van der Waals surface area contributed by atoms with Crippen molar-refractivity contribution in [2.24, 2.45) is 0 Å². The van der Waals surface area contributed by atoms with Crippen LogP contribution in [0.25, 0.3) is 0 Å². The summed E-state index contributed by atoms with van der Waals surface area (Å²) < 4.78 is 5.50. The summed E-state index contributed by atoms with van der Waals surface area (Å²) >= 11 is 0. The highest BCUT2D eigenvalue weighted by Crippen LogP contribution is 2.46. The predicted molar refractivity (Wildman–Crippen MR) is 101 cm³/mol. The zero-order chi connectivity index (χ0) is 18.4. The number of rotatable bonds is 0. The smallest absolute Gasteiger partial charge is 0.410 e. The monoisotopic (exact) mass is 342 g/mol. The van der Waals surface area contributed by atoms with Crippen molar-refractivity contribution < 1.29 is 14.3 Å². The van der Waals surface area contributed by atoms with Gasteiger partial charge < -0.3 is 14.5 Å². The van der Waals surface area contributed by atoms with Gasteiger partial charge in [-0.1, -0.05) is 17.6 Å². The molecule has 3 rings (SSSR count). The number of carbonyl (C=O) groups excluding carboxylic acids is 2. The van der Waals surface area contributed by atoms with Gasteiger partial charge in [0, 0.05) is 37.7 Å². The zero-order valence-corrected chi connectivity index (χ0v) is 15.9. The molecule has 0 aromatic heterocycles. The van der Waals surface area contributed by atoms with E-state index >= 15 is 0 Å². The maximum Gasteiger partial charge on any atom is 0.410 e. The number of nitrogens with zero attached hydrogens (tertiary/aromatic N) is 2. The Hall–Kier alpha value is -1.98. The van der Waals surface area contributed by atoms with Gasteiger partial charge in [0.25, 0.3) is 0 Å². The van der Waals surface area contributed by atoms with Crippen molar-refractivity contribution >= 4 is 31.0 Å². The molecule has 1 aromatic rings. The largest absolute Gasteiger partial charge is 0.444 e. The number of ether oxygens (including phenoxy) is 1. The van der Waals surface area contributed by atoms with E-state index in [0.717, 1.165) is 18.5 Å². The van der Waals surface area contributed by atoms with Crippen LogP contribution in [0.3, 0.4) is 0 Å². The molecule has 0 saturated carbocycles. The van der Waals surface area contributed by atoms with Crippen LogP contribution in [0.2, 0.25) is 0 Å². The number of likely N-dealkylation sites (tertiary alicyclic amines) is 1. The van der Waals surface area contributed by atoms with E-state index in [1.54, 1.807) is 11.8 Å². The molecule has 2 aliphatic rings. The SMILES string of the molecule is Bc1ccc2c(c1)C1(CCN(C(=O)OC(C)(C)C)CC1)CN2C(C)=O. The van der Waals surface area contributed by atoms with Crippen molar-refractivity contribution in [3.8, 4) is 0 Å². The Balaban J connectivity index is 1.80. The molecule has 0 bridgehead atoms. The number of hydrogen-bond donors (Lipinski definition) is 0. The Morgan fingerprint density at radius 2 is 1.84 bits per heavy atom. The fraction of sp³-hybridized carbons (Fsp3) is 0.579. The number of anilines is 1. The van der Waals surface area contributed by atoms with E-state index < -0.39 is 5.60 Å². The summed E-state index contributed by atoms with van der Waals surface area (Å²) in [6.45, 7) is 9.31. The standard InChI is InChI=1S/C19H27BN2O3/c1-13(23)22-12-19(15-11-14(20)5-6-16(15)22)7-9-21(10-8-19)17(24)25-18(2,3)4/h5-6,11H,7-10,12,20H2,1-4H3. The third-order valence-electron chi connectivity index (χ3n) is 5.23. The van der Waals surface area contributed by atoms with E-state index in [0.29, 0.717) is 19.6 Å². The van der Waals surface area contributed by atoms with E-state index in [1.807, 2.05) is 25.7 Å². The molecule has 134 valence electrons. The summed E-state index contributed by atoms with van der Waals surface area (Å²) in [4.78, 5) is 28.1. The summed E-state index contributed by atoms with van der Waals surface area (Å²) in [6, 6.07) is 6.33. The molecule has 0 aliphatic carbocycles. The predicted octanol–water partition coefficient (Wildman–Crippen LogP) is 1.58. The molecule has 0 atom stereocenters. The molecule has 0 N–H and O–H groups in total. The second-order valence-electron chi connectivity index (χ2n) is 8.37. The van der Waals surface area contributed by atoms with E-state index in [4.69, 9.17) is 4.74 Å². The van der Waals surface area contributed by atoms with Crippen molar-refractivity contribution in [3.63, 3.8) is 0 Å². The summed E-state index contributed by atoms with van der Waals surface area (Å²) in [7, 11) is 2.08. The highest BCUT2D eigenvalue weighted by molar-refractivity contribution is 6.32. The number of fused-ring (bicyclic) bond motifs is 2. The van der Waals surface area contributed by atoms with Crippen LogP contribution in [0.1, 0.15) is 46.1 Å². The minimum atomic E-state index is -0.477. The van der Waals surface area contributed by atoms with Gasteiger partial charge >= 0.3 is 6.09 Å². The molecule has 1 fully saturated rings. The molecule has 2 heterocycles. The molecule has 6 heteroatoms. The van der Waals surface area contributed by atoms with Crippen molar-refractivity contribution in [1.82, 2.24) is 4.90 Å². The molecule has 1 spiro atoms. The Labute approximate surface area is 150 Å². The second-order valence-corrected chi connectivity index (χ2v) is 8.37. The molecule has 2 aliphatic heterocycles. The molecule has 25 heavy (non-hydrogen) atoms. The first-order valence-corrected chi connectivity index (χ1v) is 8.98. The Kier molecular flexibility index (Phi) is 4.34. The first-order valence-electron chi connectivity index (χ1n) is 8.98. The van der Waals surface area contributed by atoms with Crippen LogP contribution in [0.4, 0.5) is 10.5 Å². The van der Waals surface area contributed by atoms with Crippen molar-refractivity contribution in [3.05, 3.63) is 23.8 Å². The summed E-state index contributed by atoms with van der Waals surface area (Å²) in [5, 5.41) is 0. The van der Waals surface area contributed by atoms with Gasteiger partial charge in [-0.2, -0.15) is 0 Å². The third-order valence-corrected chi connectivity index (χ3v) is 5.23. The van der Waals surface area contributed by atoms with E-state index in [1.165, 1.54) is 11.0 Å². The third kappa shape index (κ3) is 3.39. The van der Waals surface area contributed by atoms with Crippen LogP contribution in [0.5, 0.6) is 0 Å². The molecule has 1 saturated heterocycles. The molecule has 2 amide bonds. The van der Waals surface area contributed by atoms with Crippen LogP contribution >= 0.6 is 0 Å². The van der Waals surface area contributed by atoms with Gasteiger partial charge in [0.1, 0.15) is 13.4 Å². The lowest BCUT2D eigenvalue weighted by Gasteiger charge is -2.40. The molecule has 1 aromatic carbocycles. The van der Waals surface area contributed by atoms with Gasteiger partial charge in [-0.3, -0.25) is 4.79 Å². The maximum atomic E-state index is 12.3. The molecular formula is C19H27BN2O3. The first-order chi connectivity index (χ1) is 11.6. The topological polar surface area (TPSA) is 49.9 Å². The average molecular weight is 342 g/mol. The van der Waals surface area contributed by atoms with E-state index in [-0.39, 0.29) is 17.4 Å². The van der Waals surface area contributed by atoms with Crippen LogP contribution < -0.4 is 10.4 Å². The lowest BCUT2D eigenvalue weighted by atomic mass is 9.73. The van der Waals surface area contributed by atoms with E-state index in [9.17, 15) is 9.59 Å². The quantitative estimate of drug-likeness (QED) is 0.673. The average Bonchev–Trinajstić information content (AvgIpc) is 2.81. The summed E-state index contributed by atoms with van der Waals surface area (Å²) in [5.74, 6) is 0.0801. The van der Waals surface area contributed by atoms with Gasteiger partial charge in [-0.25, -0.2) is 4.79 Å². The van der Waals surface area contributed by atoms with Crippen molar-refractivity contribution in [2.45, 2.75) is 51.6 Å². The number of hydrogen-bond acceptors (Lipinski definition) is 3. The van der Waals surface area contributed by atoms with Crippen LogP contribution in [-0.4, -0.2) is 50.0 Å². The maximum absolute atomic E-state index is 12.3. The Bertz CT molecular complexity index is 703. The molecule has 0 radical (unpaired) electrons. The van der Waals surface area contributed by atoms with Crippen molar-refractivity contribution in [1.29, 1.82) is 0 Å². The number of amides is 2. The van der Waals surface area contributed by atoms with Gasteiger partial charge in [0.05, 0.1) is 0 Å². The number of benzene rings is 1. The van der Waals surface area contributed by atoms with Gasteiger partial charge in [-0.05, 0) is 45.2 Å². The number of piperidine rings is 1. The lowest BCUT2D eigenvalue weighted by molar-refractivity contribution is -0.116. The lowest BCUT2D eigenvalue weighted by Crippen LogP contribution is -2.48. The molecular weight excluding hydrogens is 315 g/mol.